The Hall–Kier alpha value is -2.03. The molecule has 2 aliphatic rings. The van der Waals surface area contributed by atoms with Crippen LogP contribution in [0.1, 0.15) is 34.7 Å². The minimum absolute atomic E-state index is 0.0618. The highest BCUT2D eigenvalue weighted by Crippen LogP contribution is 2.49. The monoisotopic (exact) mass is 531 g/mol. The normalized spacial score (nSPS) is 25.2. The van der Waals surface area contributed by atoms with Crippen molar-refractivity contribution in [1.82, 2.24) is 4.90 Å². The second-order valence-electron chi connectivity index (χ2n) is 7.87. The number of aliphatic hydroxyl groups excluding tert-OH is 1. The third kappa shape index (κ3) is 6.40. The van der Waals surface area contributed by atoms with Crippen molar-refractivity contribution in [2.24, 2.45) is 0 Å². The van der Waals surface area contributed by atoms with Crippen molar-refractivity contribution in [1.29, 1.82) is 0 Å². The summed E-state index contributed by atoms with van der Waals surface area (Å²) in [6.07, 6.45) is -10.6. The van der Waals surface area contributed by atoms with Crippen LogP contribution in [0, 0.1) is 0 Å². The lowest BCUT2D eigenvalue weighted by atomic mass is 10.0. The Kier molecular flexibility index (Phi) is 7.71. The number of alkyl halides is 6. The summed E-state index contributed by atoms with van der Waals surface area (Å²) in [5, 5.41) is 9.96. The van der Waals surface area contributed by atoms with E-state index in [1.165, 1.54) is 24.3 Å². The maximum absolute atomic E-state index is 12.9. The molecule has 0 bridgehead atoms. The highest BCUT2D eigenvalue weighted by atomic mass is 31.2. The molecule has 2 atom stereocenters. The van der Waals surface area contributed by atoms with Gasteiger partial charge in [-0.3, -0.25) is 0 Å². The van der Waals surface area contributed by atoms with Gasteiger partial charge in [0.05, 0.1) is 36.5 Å². The van der Waals surface area contributed by atoms with Crippen LogP contribution in [0.15, 0.2) is 48.5 Å². The standard InChI is InChI=1S/C20H17F6NO3.H3O4P/c21-19(22,23)14-5-1-12(2-6-14)16-27-17(30-11-18(27,9-28)10-29-16)13-3-7-15(8-4-13)20(24,25)26;1-5(2,3)4/h1-8,16-17,28H,9-11H2;(H3,1,2,3,4). The van der Waals surface area contributed by atoms with Crippen LogP contribution in [0.4, 0.5) is 26.3 Å². The molecular weight excluding hydrogens is 511 g/mol. The Morgan fingerprint density at radius 3 is 1.37 bits per heavy atom. The van der Waals surface area contributed by atoms with Gasteiger partial charge in [0.25, 0.3) is 0 Å². The molecule has 0 spiro atoms. The number of ether oxygens (including phenoxy) is 2. The molecule has 2 saturated heterocycles. The summed E-state index contributed by atoms with van der Waals surface area (Å²) < 4.78 is 97.6. The molecule has 2 fully saturated rings. The number of hydrogen-bond acceptors (Lipinski definition) is 5. The van der Waals surface area contributed by atoms with Gasteiger partial charge in [-0.25, -0.2) is 9.46 Å². The number of nitrogens with zero attached hydrogens (tertiary/aromatic N) is 1. The first-order valence-electron chi connectivity index (χ1n) is 9.80. The Morgan fingerprint density at radius 2 is 1.11 bits per heavy atom. The number of halogens is 6. The van der Waals surface area contributed by atoms with Gasteiger partial charge >= 0.3 is 20.2 Å². The Balaban J connectivity index is 0.000000623. The molecule has 4 rings (SSSR count). The van der Waals surface area contributed by atoms with Crippen molar-refractivity contribution < 1.29 is 60.2 Å². The van der Waals surface area contributed by atoms with E-state index in [4.69, 9.17) is 28.7 Å². The number of hydrogen-bond donors (Lipinski definition) is 4. The lowest BCUT2D eigenvalue weighted by Gasteiger charge is -2.33. The van der Waals surface area contributed by atoms with Crippen LogP contribution in [0.3, 0.4) is 0 Å². The van der Waals surface area contributed by atoms with Gasteiger partial charge < -0.3 is 29.3 Å². The smallest absolute Gasteiger partial charge is 0.394 e. The summed E-state index contributed by atoms with van der Waals surface area (Å²) in [7, 11) is -4.64. The third-order valence-electron chi connectivity index (χ3n) is 5.41. The number of benzene rings is 2. The average molecular weight is 531 g/mol. The summed E-state index contributed by atoms with van der Waals surface area (Å²) in [5.41, 5.74) is -1.73. The molecule has 0 saturated carbocycles. The summed E-state index contributed by atoms with van der Waals surface area (Å²) in [4.78, 5) is 23.2. The molecule has 2 heterocycles. The van der Waals surface area contributed by atoms with Gasteiger partial charge in [-0.15, -0.1) is 0 Å². The van der Waals surface area contributed by atoms with Gasteiger partial charge in [-0.2, -0.15) is 26.3 Å². The van der Waals surface area contributed by atoms with Gasteiger partial charge in [-0.05, 0) is 35.4 Å². The quantitative estimate of drug-likeness (QED) is 0.351. The first kappa shape index (κ1) is 27.6. The average Bonchev–Trinajstić information content (AvgIpc) is 3.29. The Morgan fingerprint density at radius 1 is 0.800 bits per heavy atom. The van der Waals surface area contributed by atoms with Crippen molar-refractivity contribution in [2.45, 2.75) is 30.3 Å². The third-order valence-corrected chi connectivity index (χ3v) is 5.41. The predicted molar refractivity (Wildman–Crippen MR) is 106 cm³/mol. The summed E-state index contributed by atoms with van der Waals surface area (Å²) in [6.45, 7) is -0.222. The van der Waals surface area contributed by atoms with E-state index in [9.17, 15) is 31.4 Å². The maximum atomic E-state index is 12.9. The lowest BCUT2D eigenvalue weighted by molar-refractivity contribution is -0.138. The zero-order valence-corrected chi connectivity index (χ0v) is 18.5. The predicted octanol–water partition coefficient (Wildman–Crippen LogP) is 3.59. The molecule has 194 valence electrons. The first-order chi connectivity index (χ1) is 16.0. The van der Waals surface area contributed by atoms with Gasteiger partial charge in [0, 0.05) is 0 Å². The van der Waals surface area contributed by atoms with Gasteiger partial charge in [0.1, 0.15) is 12.5 Å². The van der Waals surface area contributed by atoms with Crippen molar-refractivity contribution in [3.63, 3.8) is 0 Å². The molecule has 2 unspecified atom stereocenters. The van der Waals surface area contributed by atoms with Crippen molar-refractivity contribution in [3.05, 3.63) is 70.8 Å². The summed E-state index contributed by atoms with van der Waals surface area (Å²) in [5.74, 6) is 0. The fourth-order valence-corrected chi connectivity index (χ4v) is 3.80. The van der Waals surface area contributed by atoms with Gasteiger partial charge in [0.2, 0.25) is 0 Å². The molecule has 0 aromatic heterocycles. The van der Waals surface area contributed by atoms with Crippen molar-refractivity contribution >= 4 is 7.82 Å². The number of phosphoric acid groups is 1. The van der Waals surface area contributed by atoms with Crippen LogP contribution in [-0.2, 0) is 26.4 Å². The van der Waals surface area contributed by atoms with E-state index in [0.717, 1.165) is 24.3 Å². The zero-order chi connectivity index (χ0) is 26.2. The molecule has 35 heavy (non-hydrogen) atoms. The fourth-order valence-electron chi connectivity index (χ4n) is 3.80. The highest BCUT2D eigenvalue weighted by molar-refractivity contribution is 7.45. The molecule has 0 amide bonds. The van der Waals surface area contributed by atoms with E-state index in [1.807, 2.05) is 0 Å². The van der Waals surface area contributed by atoms with Crippen molar-refractivity contribution in [2.75, 3.05) is 19.8 Å². The Bertz CT molecular complexity index is 978. The topological polar surface area (TPSA) is 120 Å². The maximum Gasteiger partial charge on any atom is 0.466 e. The minimum atomic E-state index is -4.64. The van der Waals surface area contributed by atoms with E-state index in [0.29, 0.717) is 11.1 Å². The minimum Gasteiger partial charge on any atom is -0.394 e. The molecule has 0 radical (unpaired) electrons. The molecule has 15 heteroatoms. The molecule has 0 aliphatic carbocycles. The van der Waals surface area contributed by atoms with Gasteiger partial charge in [-0.1, -0.05) is 24.3 Å². The SMILES string of the molecule is O=P(O)(O)O.OCC12COC(c3ccc(C(F)(F)F)cc3)N1C(c1ccc(C(F)(F)F)cc1)OC2. The lowest BCUT2D eigenvalue weighted by Crippen LogP contribution is -2.47. The molecule has 2 aliphatic heterocycles. The number of rotatable bonds is 3. The van der Waals surface area contributed by atoms with Crippen LogP contribution in [-0.4, -0.2) is 50.0 Å². The molecular formula is C20H20F6NO7P. The molecule has 4 N–H and O–H groups in total. The van der Waals surface area contributed by atoms with E-state index in [2.05, 4.69) is 0 Å². The van der Waals surface area contributed by atoms with Crippen LogP contribution in [0.5, 0.6) is 0 Å². The van der Waals surface area contributed by atoms with E-state index >= 15 is 0 Å². The molecule has 8 nitrogen and oxygen atoms in total. The largest absolute Gasteiger partial charge is 0.466 e. The highest BCUT2D eigenvalue weighted by Gasteiger charge is 2.56. The second kappa shape index (κ2) is 9.79. The fraction of sp³-hybridized carbons (Fsp3) is 0.400. The second-order valence-corrected chi connectivity index (χ2v) is 8.90. The molecule has 2 aromatic carbocycles. The summed E-state index contributed by atoms with van der Waals surface area (Å²) >= 11 is 0. The van der Waals surface area contributed by atoms with E-state index in [1.54, 1.807) is 4.90 Å². The van der Waals surface area contributed by atoms with Crippen molar-refractivity contribution in [3.8, 4) is 0 Å². The van der Waals surface area contributed by atoms with E-state index in [-0.39, 0.29) is 19.8 Å². The van der Waals surface area contributed by atoms with Crippen LogP contribution < -0.4 is 0 Å². The van der Waals surface area contributed by atoms with Gasteiger partial charge in [0.15, 0.2) is 0 Å². The number of aliphatic hydroxyl groups is 1. The molecule has 2 aromatic rings. The first-order valence-corrected chi connectivity index (χ1v) is 11.4. The zero-order valence-electron chi connectivity index (χ0n) is 17.6. The van der Waals surface area contributed by atoms with Crippen LogP contribution in [0.25, 0.3) is 0 Å². The number of fused-ring (bicyclic) bond motifs is 1. The Labute approximate surface area is 194 Å². The van der Waals surface area contributed by atoms with Crippen LogP contribution in [0.2, 0.25) is 0 Å². The van der Waals surface area contributed by atoms with E-state index < -0.39 is 49.3 Å². The summed E-state index contributed by atoms with van der Waals surface area (Å²) in [6, 6.07) is 8.85. The van der Waals surface area contributed by atoms with Crippen LogP contribution >= 0.6 is 7.82 Å².